The smallest absolute Gasteiger partial charge is 0.131 e. The van der Waals surface area contributed by atoms with Crippen LogP contribution < -0.4 is 4.74 Å². The summed E-state index contributed by atoms with van der Waals surface area (Å²) in [5, 5.41) is 11.4. The third-order valence-corrected chi connectivity index (χ3v) is 6.80. The molecule has 1 aliphatic rings. The van der Waals surface area contributed by atoms with E-state index in [4.69, 9.17) is 9.72 Å². The minimum Gasteiger partial charge on any atom is -0.457 e. The van der Waals surface area contributed by atoms with Crippen molar-refractivity contribution in [3.05, 3.63) is 54.1 Å². The van der Waals surface area contributed by atoms with Gasteiger partial charge in [-0.2, -0.15) is 0 Å². The molecular weight excluding hydrogens is 396 g/mol. The molecule has 0 saturated heterocycles. The number of aryl methyl sites for hydroxylation is 1. The number of aliphatic hydroxyl groups is 1. The highest BCUT2D eigenvalue weighted by molar-refractivity contribution is 7.18. The van der Waals surface area contributed by atoms with Crippen LogP contribution in [0.2, 0.25) is 0 Å². The van der Waals surface area contributed by atoms with Crippen molar-refractivity contribution in [1.82, 2.24) is 19.5 Å². The summed E-state index contributed by atoms with van der Waals surface area (Å²) >= 11 is 1.69. The third kappa shape index (κ3) is 3.95. The second-order valence-electron chi connectivity index (χ2n) is 7.92. The molecule has 0 amide bonds. The Morgan fingerprint density at radius 2 is 2.03 bits per heavy atom. The van der Waals surface area contributed by atoms with Crippen molar-refractivity contribution in [1.29, 1.82) is 0 Å². The average Bonchev–Trinajstić information content (AvgIpc) is 3.35. The SMILES string of the molecule is Cn1cncc1-c1cc(Oc2ccc3nc(C[C@@H]4CCCC[C@H]4O)sc3c2)ccn1. The maximum Gasteiger partial charge on any atom is 0.131 e. The van der Waals surface area contributed by atoms with Crippen molar-refractivity contribution in [2.75, 3.05) is 0 Å². The normalized spacial score (nSPS) is 19.3. The fraction of sp³-hybridized carbons (Fsp3) is 0.348. The zero-order valence-corrected chi connectivity index (χ0v) is 17.7. The highest BCUT2D eigenvalue weighted by Crippen LogP contribution is 2.33. The first kappa shape index (κ1) is 19.2. The fourth-order valence-electron chi connectivity index (χ4n) is 4.11. The van der Waals surface area contributed by atoms with Gasteiger partial charge in [-0.05, 0) is 37.0 Å². The summed E-state index contributed by atoms with van der Waals surface area (Å²) in [6, 6.07) is 9.77. The summed E-state index contributed by atoms with van der Waals surface area (Å²) in [6.45, 7) is 0. The van der Waals surface area contributed by atoms with E-state index < -0.39 is 0 Å². The molecule has 30 heavy (non-hydrogen) atoms. The molecule has 0 spiro atoms. The van der Waals surface area contributed by atoms with Crippen LogP contribution >= 0.6 is 11.3 Å². The summed E-state index contributed by atoms with van der Waals surface area (Å²) in [4.78, 5) is 13.4. The van der Waals surface area contributed by atoms with Crippen molar-refractivity contribution < 1.29 is 9.84 Å². The molecular formula is C23H24N4O2S. The van der Waals surface area contributed by atoms with Crippen molar-refractivity contribution in [2.24, 2.45) is 13.0 Å². The lowest BCUT2D eigenvalue weighted by molar-refractivity contribution is 0.0700. The second kappa shape index (κ2) is 8.16. The highest BCUT2D eigenvalue weighted by Gasteiger charge is 2.24. The first-order valence-electron chi connectivity index (χ1n) is 10.3. The van der Waals surface area contributed by atoms with Gasteiger partial charge in [-0.15, -0.1) is 11.3 Å². The first-order chi connectivity index (χ1) is 14.7. The molecule has 6 nitrogen and oxygen atoms in total. The summed E-state index contributed by atoms with van der Waals surface area (Å²) in [6.07, 6.45) is 10.3. The Bertz CT molecular complexity index is 1170. The van der Waals surface area contributed by atoms with Crippen molar-refractivity contribution >= 4 is 21.6 Å². The molecule has 0 aliphatic heterocycles. The van der Waals surface area contributed by atoms with Crippen LogP contribution in [0.25, 0.3) is 21.6 Å². The molecule has 4 aromatic rings. The van der Waals surface area contributed by atoms with Crippen LogP contribution in [0.1, 0.15) is 30.7 Å². The number of pyridine rings is 1. The number of hydrogen-bond acceptors (Lipinski definition) is 6. The van der Waals surface area contributed by atoms with E-state index in [2.05, 4.69) is 9.97 Å². The Hall–Kier alpha value is -2.77. The lowest BCUT2D eigenvalue weighted by atomic mass is 9.84. The van der Waals surface area contributed by atoms with E-state index in [0.717, 1.165) is 63.8 Å². The number of imidazole rings is 1. The molecule has 1 saturated carbocycles. The van der Waals surface area contributed by atoms with Gasteiger partial charge in [0.15, 0.2) is 0 Å². The predicted molar refractivity (Wildman–Crippen MR) is 118 cm³/mol. The van der Waals surface area contributed by atoms with E-state index in [1.807, 2.05) is 41.9 Å². The third-order valence-electron chi connectivity index (χ3n) is 5.76. The van der Waals surface area contributed by atoms with Gasteiger partial charge < -0.3 is 14.4 Å². The molecule has 2 atom stereocenters. The summed E-state index contributed by atoms with van der Waals surface area (Å²) in [7, 11) is 1.94. The number of aromatic nitrogens is 4. The topological polar surface area (TPSA) is 73.1 Å². The zero-order chi connectivity index (χ0) is 20.5. The minimum atomic E-state index is -0.190. The van der Waals surface area contributed by atoms with E-state index in [1.165, 1.54) is 6.42 Å². The Kier molecular flexibility index (Phi) is 5.23. The molecule has 1 aromatic carbocycles. The number of rotatable bonds is 5. The van der Waals surface area contributed by atoms with Crippen molar-refractivity contribution in [2.45, 2.75) is 38.2 Å². The number of benzene rings is 1. The molecule has 0 unspecified atom stereocenters. The minimum absolute atomic E-state index is 0.190. The molecule has 3 heterocycles. The number of nitrogens with zero attached hydrogens (tertiary/aromatic N) is 4. The number of fused-ring (bicyclic) bond motifs is 1. The Morgan fingerprint density at radius 3 is 2.87 bits per heavy atom. The fourth-order valence-corrected chi connectivity index (χ4v) is 5.20. The Balaban J connectivity index is 1.35. The van der Waals surface area contributed by atoms with Gasteiger partial charge in [0.25, 0.3) is 0 Å². The van der Waals surface area contributed by atoms with Crippen LogP contribution in [0, 0.1) is 5.92 Å². The van der Waals surface area contributed by atoms with Crippen molar-refractivity contribution in [3.63, 3.8) is 0 Å². The summed E-state index contributed by atoms with van der Waals surface area (Å²) in [5.41, 5.74) is 2.74. The number of thiazole rings is 1. The van der Waals surface area contributed by atoms with Crippen LogP contribution in [0.3, 0.4) is 0 Å². The maximum atomic E-state index is 10.3. The predicted octanol–water partition coefficient (Wildman–Crippen LogP) is 4.98. The van der Waals surface area contributed by atoms with Crippen molar-refractivity contribution in [3.8, 4) is 22.9 Å². The molecule has 7 heteroatoms. The molecule has 3 aromatic heterocycles. The lowest BCUT2D eigenvalue weighted by Crippen LogP contribution is -2.26. The van der Waals surface area contributed by atoms with Crippen LogP contribution in [0.4, 0.5) is 0 Å². The molecule has 1 N–H and O–H groups in total. The monoisotopic (exact) mass is 420 g/mol. The molecule has 5 rings (SSSR count). The van der Waals surface area contributed by atoms with Gasteiger partial charge in [0.05, 0.1) is 45.2 Å². The number of aliphatic hydroxyl groups excluding tert-OH is 1. The van der Waals surface area contributed by atoms with Crippen LogP contribution in [-0.4, -0.2) is 30.7 Å². The van der Waals surface area contributed by atoms with Gasteiger partial charge in [-0.3, -0.25) is 4.98 Å². The molecule has 1 aliphatic carbocycles. The van der Waals surface area contributed by atoms with E-state index in [9.17, 15) is 5.11 Å². The van der Waals surface area contributed by atoms with Gasteiger partial charge >= 0.3 is 0 Å². The van der Waals surface area contributed by atoms with Gasteiger partial charge in [-0.1, -0.05) is 12.8 Å². The van der Waals surface area contributed by atoms with E-state index in [0.29, 0.717) is 5.92 Å². The first-order valence-corrected chi connectivity index (χ1v) is 11.2. The van der Waals surface area contributed by atoms with E-state index >= 15 is 0 Å². The second-order valence-corrected chi connectivity index (χ2v) is 9.04. The Labute approximate surface area is 179 Å². The summed E-state index contributed by atoms with van der Waals surface area (Å²) in [5.74, 6) is 1.84. The highest BCUT2D eigenvalue weighted by atomic mass is 32.1. The quantitative estimate of drug-likeness (QED) is 0.493. The standard InChI is InChI=1S/C23H24N4O2S/c1-27-14-24-13-20(27)19-11-17(8-9-25-19)29-16-6-7-18-22(12-16)30-23(26-18)10-15-4-2-3-5-21(15)28/h6-9,11-15,21,28H,2-5,10H2,1H3/t15-,21+/m0/s1. The largest absolute Gasteiger partial charge is 0.457 e. The van der Waals surface area contributed by atoms with E-state index in [-0.39, 0.29) is 6.10 Å². The average molecular weight is 421 g/mol. The van der Waals surface area contributed by atoms with Crippen LogP contribution in [0.5, 0.6) is 11.5 Å². The number of ether oxygens (including phenoxy) is 1. The summed E-state index contributed by atoms with van der Waals surface area (Å²) < 4.78 is 9.15. The maximum absolute atomic E-state index is 10.3. The van der Waals surface area contributed by atoms with Crippen LogP contribution in [0.15, 0.2) is 49.1 Å². The van der Waals surface area contributed by atoms with Gasteiger partial charge in [0, 0.05) is 31.8 Å². The number of hydrogen-bond donors (Lipinski definition) is 1. The zero-order valence-electron chi connectivity index (χ0n) is 16.9. The lowest BCUT2D eigenvalue weighted by Gasteiger charge is -2.26. The molecule has 1 fully saturated rings. The van der Waals surface area contributed by atoms with Gasteiger partial charge in [0.2, 0.25) is 0 Å². The van der Waals surface area contributed by atoms with Gasteiger partial charge in [-0.25, -0.2) is 9.97 Å². The molecule has 154 valence electrons. The molecule has 0 radical (unpaired) electrons. The Morgan fingerprint density at radius 1 is 1.17 bits per heavy atom. The van der Waals surface area contributed by atoms with Crippen LogP contribution in [-0.2, 0) is 13.5 Å². The van der Waals surface area contributed by atoms with Gasteiger partial charge in [0.1, 0.15) is 11.5 Å². The molecule has 0 bridgehead atoms. The van der Waals surface area contributed by atoms with E-state index in [1.54, 1.807) is 30.1 Å².